The Hall–Kier alpha value is -2.19. The predicted molar refractivity (Wildman–Crippen MR) is 89.3 cm³/mol. The Bertz CT molecular complexity index is 612. The van der Waals surface area contributed by atoms with Crippen molar-refractivity contribution >= 4 is 17.3 Å². The molecule has 0 aliphatic carbocycles. The van der Waals surface area contributed by atoms with Crippen molar-refractivity contribution in [3.63, 3.8) is 0 Å². The molecule has 1 aliphatic rings. The minimum Gasteiger partial charge on any atom is -0.496 e. The van der Waals surface area contributed by atoms with E-state index in [2.05, 4.69) is 5.32 Å². The number of nitrogens with one attached hydrogen (secondary N) is 1. The molecule has 8 heteroatoms. The van der Waals surface area contributed by atoms with Crippen LogP contribution in [0.2, 0.25) is 0 Å². The third-order valence-electron chi connectivity index (χ3n) is 4.03. The van der Waals surface area contributed by atoms with Gasteiger partial charge in [-0.15, -0.1) is 0 Å². The Labute approximate surface area is 140 Å². The van der Waals surface area contributed by atoms with Crippen molar-refractivity contribution in [3.8, 4) is 5.75 Å². The number of benzene rings is 1. The van der Waals surface area contributed by atoms with Crippen molar-refractivity contribution in [1.82, 2.24) is 4.90 Å². The second kappa shape index (κ2) is 7.59. The summed E-state index contributed by atoms with van der Waals surface area (Å²) in [5, 5.41) is 13.9. The fraction of sp³-hybridized carbons (Fsp3) is 0.562. The van der Waals surface area contributed by atoms with Crippen molar-refractivity contribution in [2.45, 2.75) is 39.0 Å². The Morgan fingerprint density at radius 1 is 1.42 bits per heavy atom. The monoisotopic (exact) mass is 337 g/mol. The number of morpholine rings is 1. The highest BCUT2D eigenvalue weighted by Crippen LogP contribution is 2.29. The van der Waals surface area contributed by atoms with Gasteiger partial charge in [-0.3, -0.25) is 19.8 Å². The van der Waals surface area contributed by atoms with Crippen molar-refractivity contribution in [3.05, 3.63) is 28.3 Å². The van der Waals surface area contributed by atoms with E-state index < -0.39 is 11.0 Å². The van der Waals surface area contributed by atoms with Gasteiger partial charge in [0.1, 0.15) is 11.4 Å². The molecule has 3 atom stereocenters. The predicted octanol–water partition coefficient (Wildman–Crippen LogP) is 2.04. The standard InChI is InChI=1S/C16H23N3O5/c1-10-8-18(9-11(2)24-10)12(3)16(20)17-14-6-5-13(23-4)7-15(14)19(21)22/h5-7,10-12H,8-9H2,1-4H3,(H,17,20)/t10-,11+,12-/m0/s1. The number of nitro groups is 1. The highest BCUT2D eigenvalue weighted by molar-refractivity contribution is 5.96. The van der Waals surface area contributed by atoms with Crippen molar-refractivity contribution < 1.29 is 19.2 Å². The summed E-state index contributed by atoms with van der Waals surface area (Å²) in [6.45, 7) is 6.99. The molecule has 1 aromatic carbocycles. The summed E-state index contributed by atoms with van der Waals surface area (Å²) in [6, 6.07) is 3.93. The molecular formula is C16H23N3O5. The van der Waals surface area contributed by atoms with E-state index >= 15 is 0 Å². The number of hydrogen-bond donors (Lipinski definition) is 1. The second-order valence-corrected chi connectivity index (χ2v) is 6.02. The van der Waals surface area contributed by atoms with Crippen LogP contribution in [0.25, 0.3) is 0 Å². The van der Waals surface area contributed by atoms with Gasteiger partial charge in [0.25, 0.3) is 5.69 Å². The topological polar surface area (TPSA) is 93.9 Å². The van der Waals surface area contributed by atoms with Crippen molar-refractivity contribution in [2.75, 3.05) is 25.5 Å². The quantitative estimate of drug-likeness (QED) is 0.653. The second-order valence-electron chi connectivity index (χ2n) is 6.02. The van der Waals surface area contributed by atoms with E-state index in [1.165, 1.54) is 19.2 Å². The average molecular weight is 337 g/mol. The number of anilines is 1. The molecule has 1 aliphatic heterocycles. The first-order valence-corrected chi connectivity index (χ1v) is 7.84. The lowest BCUT2D eigenvalue weighted by Gasteiger charge is -2.38. The van der Waals surface area contributed by atoms with E-state index in [-0.39, 0.29) is 29.5 Å². The summed E-state index contributed by atoms with van der Waals surface area (Å²) >= 11 is 0. The van der Waals surface area contributed by atoms with Crippen LogP contribution in [0.5, 0.6) is 5.75 Å². The zero-order valence-corrected chi connectivity index (χ0v) is 14.3. The van der Waals surface area contributed by atoms with E-state index in [4.69, 9.17) is 9.47 Å². The molecule has 1 amide bonds. The maximum atomic E-state index is 12.5. The van der Waals surface area contributed by atoms with Crippen molar-refractivity contribution in [2.24, 2.45) is 0 Å². The molecule has 1 fully saturated rings. The molecule has 0 unspecified atom stereocenters. The summed E-state index contributed by atoms with van der Waals surface area (Å²) < 4.78 is 10.7. The highest BCUT2D eigenvalue weighted by atomic mass is 16.6. The Morgan fingerprint density at radius 2 is 2.04 bits per heavy atom. The molecule has 0 spiro atoms. The zero-order chi connectivity index (χ0) is 17.9. The van der Waals surface area contributed by atoms with Crippen molar-refractivity contribution in [1.29, 1.82) is 0 Å². The van der Waals surface area contributed by atoms with Crippen LogP contribution in [0.15, 0.2) is 18.2 Å². The molecule has 0 bridgehead atoms. The summed E-state index contributed by atoms with van der Waals surface area (Å²) in [6.07, 6.45) is 0.0821. The molecule has 1 aromatic rings. The van der Waals surface area contributed by atoms with Gasteiger partial charge in [0.05, 0.1) is 36.3 Å². The molecule has 0 aromatic heterocycles. The van der Waals surface area contributed by atoms with Gasteiger partial charge in [-0.05, 0) is 32.9 Å². The first-order valence-electron chi connectivity index (χ1n) is 7.84. The van der Waals surface area contributed by atoms with Crippen LogP contribution in [0, 0.1) is 10.1 Å². The van der Waals surface area contributed by atoms with Crippen LogP contribution in [0.3, 0.4) is 0 Å². The summed E-state index contributed by atoms with van der Waals surface area (Å²) in [5.74, 6) is 0.0770. The Balaban J connectivity index is 2.12. The molecule has 1 saturated heterocycles. The van der Waals surface area contributed by atoms with Crippen LogP contribution < -0.4 is 10.1 Å². The average Bonchev–Trinajstić information content (AvgIpc) is 2.53. The van der Waals surface area contributed by atoms with Gasteiger partial charge in [-0.1, -0.05) is 0 Å². The number of amides is 1. The van der Waals surface area contributed by atoms with Gasteiger partial charge in [-0.25, -0.2) is 0 Å². The minimum absolute atomic E-state index is 0.0410. The van der Waals surface area contributed by atoms with Gasteiger partial charge in [-0.2, -0.15) is 0 Å². The lowest BCUT2D eigenvalue weighted by Crippen LogP contribution is -2.52. The molecule has 2 rings (SSSR count). The maximum absolute atomic E-state index is 12.5. The highest BCUT2D eigenvalue weighted by Gasteiger charge is 2.30. The van der Waals surface area contributed by atoms with E-state index in [0.717, 1.165) is 0 Å². The van der Waals surface area contributed by atoms with Gasteiger partial charge in [0.15, 0.2) is 0 Å². The lowest BCUT2D eigenvalue weighted by atomic mass is 10.1. The molecule has 132 valence electrons. The summed E-state index contributed by atoms with van der Waals surface area (Å²) in [4.78, 5) is 25.2. The van der Waals surface area contributed by atoms with E-state index in [1.54, 1.807) is 13.0 Å². The molecule has 1 N–H and O–H groups in total. The van der Waals surface area contributed by atoms with E-state index in [9.17, 15) is 14.9 Å². The molecule has 0 saturated carbocycles. The van der Waals surface area contributed by atoms with Crippen LogP contribution >= 0.6 is 0 Å². The molecule has 8 nitrogen and oxygen atoms in total. The third-order valence-corrected chi connectivity index (χ3v) is 4.03. The number of carbonyl (C=O) groups excluding carboxylic acids is 1. The first-order chi connectivity index (χ1) is 11.3. The first kappa shape index (κ1) is 18.2. The van der Waals surface area contributed by atoms with Gasteiger partial charge in [0, 0.05) is 13.1 Å². The smallest absolute Gasteiger partial charge is 0.296 e. The maximum Gasteiger partial charge on any atom is 0.296 e. The van der Waals surface area contributed by atoms with Crippen LogP contribution in [-0.2, 0) is 9.53 Å². The number of methoxy groups -OCH3 is 1. The molecular weight excluding hydrogens is 314 g/mol. The molecule has 0 radical (unpaired) electrons. The van der Waals surface area contributed by atoms with Crippen LogP contribution in [0.1, 0.15) is 20.8 Å². The zero-order valence-electron chi connectivity index (χ0n) is 14.3. The van der Waals surface area contributed by atoms with Crippen LogP contribution in [0.4, 0.5) is 11.4 Å². The third kappa shape index (κ3) is 4.21. The number of carbonyl (C=O) groups is 1. The summed E-state index contributed by atoms with van der Waals surface area (Å²) in [5.41, 5.74) is -0.0365. The van der Waals surface area contributed by atoms with Gasteiger partial charge >= 0.3 is 0 Å². The fourth-order valence-corrected chi connectivity index (χ4v) is 2.83. The van der Waals surface area contributed by atoms with E-state index in [0.29, 0.717) is 18.8 Å². The number of ether oxygens (including phenoxy) is 2. The fourth-order valence-electron chi connectivity index (χ4n) is 2.83. The molecule has 1 heterocycles. The minimum atomic E-state index is -0.540. The molecule has 24 heavy (non-hydrogen) atoms. The Morgan fingerprint density at radius 3 is 2.58 bits per heavy atom. The largest absolute Gasteiger partial charge is 0.496 e. The van der Waals surface area contributed by atoms with Gasteiger partial charge < -0.3 is 14.8 Å². The number of hydrogen-bond acceptors (Lipinski definition) is 6. The SMILES string of the molecule is COc1ccc(NC(=O)[C@H](C)N2C[C@@H](C)O[C@@H](C)C2)c([N+](=O)[O-])c1. The lowest BCUT2D eigenvalue weighted by molar-refractivity contribution is -0.384. The van der Waals surface area contributed by atoms with E-state index in [1.807, 2.05) is 18.7 Å². The summed E-state index contributed by atoms with van der Waals surface area (Å²) in [7, 11) is 1.43. The number of nitro benzene ring substituents is 1. The number of nitrogens with zero attached hydrogens (tertiary/aromatic N) is 2. The van der Waals surface area contributed by atoms with Gasteiger partial charge in [0.2, 0.25) is 5.91 Å². The normalized spacial score (nSPS) is 22.7. The van der Waals surface area contributed by atoms with Crippen LogP contribution in [-0.4, -0.2) is 54.2 Å². The Kier molecular flexibility index (Phi) is 5.74. The number of rotatable bonds is 5.